The Morgan fingerprint density at radius 1 is 0.968 bits per heavy atom. The van der Waals surface area contributed by atoms with Gasteiger partial charge in [-0.05, 0) is 94.6 Å². The number of hydrogen-bond acceptors (Lipinski definition) is 7. The maximum Gasteiger partial charge on any atom is 0.209 e. The monoisotopic (exact) mass is 425 g/mol. The maximum atomic E-state index is 6.41. The van der Waals surface area contributed by atoms with Crippen LogP contribution in [0, 0.1) is 5.92 Å². The van der Waals surface area contributed by atoms with Crippen LogP contribution in [-0.4, -0.2) is 54.5 Å². The number of piperidine rings is 2. The van der Waals surface area contributed by atoms with Gasteiger partial charge in [0.25, 0.3) is 0 Å². The quantitative estimate of drug-likeness (QED) is 0.548. The zero-order valence-corrected chi connectivity index (χ0v) is 18.8. The van der Waals surface area contributed by atoms with Crippen LogP contribution < -0.4 is 22.3 Å². The molecule has 0 spiro atoms. The zero-order chi connectivity index (χ0) is 21.3. The van der Waals surface area contributed by atoms with Crippen LogP contribution in [0.4, 0.5) is 0 Å². The maximum absolute atomic E-state index is 6.41. The molecule has 31 heavy (non-hydrogen) atoms. The third-order valence-electron chi connectivity index (χ3n) is 7.95. The minimum absolute atomic E-state index is 0.334. The lowest BCUT2D eigenvalue weighted by molar-refractivity contribution is 0.0969. The van der Waals surface area contributed by atoms with Crippen LogP contribution in [0.5, 0.6) is 0 Å². The molecule has 3 heterocycles. The standard InChI is InChI=1S/C24H39N7/c25-23-27-24(26,29-28-23)21-7-4-19-5-8-22(9-6-20(19)16-21)31-14-10-18(11-15-31)17-30-12-2-1-3-13-30/h4,7,16,18,22,29H,1-3,5-6,8-15,17,26H2,(H3,25,27,28). The Labute approximate surface area is 186 Å². The topological polar surface area (TPSA) is 94.9 Å². The van der Waals surface area contributed by atoms with Crippen molar-refractivity contribution in [3.8, 4) is 0 Å². The van der Waals surface area contributed by atoms with Gasteiger partial charge in [-0.1, -0.05) is 24.6 Å². The molecule has 1 aliphatic carbocycles. The Morgan fingerprint density at radius 2 is 1.71 bits per heavy atom. The van der Waals surface area contributed by atoms with Gasteiger partial charge in [0.05, 0.1) is 0 Å². The lowest BCUT2D eigenvalue weighted by atomic mass is 9.93. The predicted octanol–water partition coefficient (Wildman–Crippen LogP) is 1.62. The molecule has 1 aromatic carbocycles. The zero-order valence-electron chi connectivity index (χ0n) is 18.8. The number of benzene rings is 1. The third kappa shape index (κ3) is 4.75. The van der Waals surface area contributed by atoms with E-state index in [4.69, 9.17) is 11.5 Å². The summed E-state index contributed by atoms with van der Waals surface area (Å²) in [4.78, 5) is 9.85. The molecule has 7 heteroatoms. The summed E-state index contributed by atoms with van der Waals surface area (Å²) >= 11 is 0. The van der Waals surface area contributed by atoms with Gasteiger partial charge in [-0.2, -0.15) is 5.43 Å². The van der Waals surface area contributed by atoms with Gasteiger partial charge in [-0.3, -0.25) is 11.2 Å². The first kappa shape index (κ1) is 21.2. The number of hydrazine groups is 1. The van der Waals surface area contributed by atoms with Crippen molar-refractivity contribution in [2.24, 2.45) is 22.4 Å². The smallest absolute Gasteiger partial charge is 0.209 e. The number of nitrogens with two attached hydrogens (primary N) is 2. The number of nitrogens with one attached hydrogen (secondary N) is 2. The summed E-state index contributed by atoms with van der Waals surface area (Å²) < 4.78 is 0. The Bertz CT molecular complexity index is 795. The van der Waals surface area contributed by atoms with Gasteiger partial charge in [0.15, 0.2) is 0 Å². The lowest BCUT2D eigenvalue weighted by Gasteiger charge is -2.39. The summed E-state index contributed by atoms with van der Waals surface area (Å²) in [6, 6.07) is 7.29. The normalized spacial score (nSPS) is 31.0. The largest absolute Gasteiger partial charge is 0.369 e. The molecule has 0 saturated carbocycles. The Morgan fingerprint density at radius 3 is 2.42 bits per heavy atom. The van der Waals surface area contributed by atoms with Gasteiger partial charge < -0.3 is 15.5 Å². The summed E-state index contributed by atoms with van der Waals surface area (Å²) in [7, 11) is 0. The molecular formula is C24H39N7. The summed E-state index contributed by atoms with van der Waals surface area (Å²) in [5.74, 6) is 0.267. The summed E-state index contributed by atoms with van der Waals surface area (Å²) in [6.45, 7) is 6.55. The highest BCUT2D eigenvalue weighted by Crippen LogP contribution is 2.30. The average Bonchev–Trinajstić information content (AvgIpc) is 3.02. The van der Waals surface area contributed by atoms with E-state index in [0.717, 1.165) is 24.3 Å². The second-order valence-corrected chi connectivity index (χ2v) is 10.1. The molecule has 2 saturated heterocycles. The minimum Gasteiger partial charge on any atom is -0.369 e. The van der Waals surface area contributed by atoms with E-state index in [9.17, 15) is 0 Å². The van der Waals surface area contributed by atoms with E-state index in [-0.39, 0.29) is 0 Å². The molecule has 7 nitrogen and oxygen atoms in total. The fraction of sp³-hybridized carbons (Fsp3) is 0.708. The molecule has 3 aliphatic heterocycles. The number of likely N-dealkylation sites (tertiary alicyclic amines) is 2. The molecule has 6 N–H and O–H groups in total. The van der Waals surface area contributed by atoms with Crippen LogP contribution in [0.15, 0.2) is 23.2 Å². The lowest BCUT2D eigenvalue weighted by Crippen LogP contribution is -2.50. The van der Waals surface area contributed by atoms with Gasteiger partial charge >= 0.3 is 0 Å². The van der Waals surface area contributed by atoms with Crippen molar-refractivity contribution in [1.29, 1.82) is 0 Å². The number of fused-ring (bicyclic) bond motifs is 1. The van der Waals surface area contributed by atoms with Crippen LogP contribution in [0.3, 0.4) is 0 Å². The molecule has 0 bridgehead atoms. The van der Waals surface area contributed by atoms with Gasteiger partial charge in [0.2, 0.25) is 11.7 Å². The van der Waals surface area contributed by atoms with E-state index in [1.165, 1.54) is 88.8 Å². The molecule has 2 unspecified atom stereocenters. The van der Waals surface area contributed by atoms with Gasteiger partial charge in [0, 0.05) is 18.2 Å². The highest BCUT2D eigenvalue weighted by Gasteiger charge is 2.33. The van der Waals surface area contributed by atoms with Crippen molar-refractivity contribution >= 4 is 5.96 Å². The minimum atomic E-state index is -0.971. The predicted molar refractivity (Wildman–Crippen MR) is 125 cm³/mol. The number of guanidine groups is 1. The van der Waals surface area contributed by atoms with E-state index in [0.29, 0.717) is 12.0 Å². The highest BCUT2D eigenvalue weighted by molar-refractivity contribution is 5.79. The van der Waals surface area contributed by atoms with Crippen molar-refractivity contribution in [2.45, 2.75) is 69.6 Å². The first-order chi connectivity index (χ1) is 15.1. The van der Waals surface area contributed by atoms with Crippen molar-refractivity contribution < 1.29 is 0 Å². The summed E-state index contributed by atoms with van der Waals surface area (Å²) in [5.41, 5.74) is 21.9. The van der Waals surface area contributed by atoms with E-state index in [1.807, 2.05) is 0 Å². The molecule has 0 radical (unpaired) electrons. The Balaban J connectivity index is 1.16. The van der Waals surface area contributed by atoms with Gasteiger partial charge in [-0.15, -0.1) is 0 Å². The third-order valence-corrected chi connectivity index (χ3v) is 7.95. The van der Waals surface area contributed by atoms with Gasteiger partial charge in [0.1, 0.15) is 0 Å². The molecule has 0 amide bonds. The Kier molecular flexibility index (Phi) is 6.19. The van der Waals surface area contributed by atoms with Crippen LogP contribution in [-0.2, 0) is 18.6 Å². The van der Waals surface area contributed by atoms with Crippen molar-refractivity contribution in [3.05, 3.63) is 34.9 Å². The molecular weight excluding hydrogens is 386 g/mol. The second kappa shape index (κ2) is 9.06. The second-order valence-electron chi connectivity index (χ2n) is 10.1. The van der Waals surface area contributed by atoms with E-state index in [1.54, 1.807) is 0 Å². The molecule has 1 aromatic rings. The fourth-order valence-corrected chi connectivity index (χ4v) is 6.04. The molecule has 2 atom stereocenters. The first-order valence-electron chi connectivity index (χ1n) is 12.4. The number of rotatable bonds is 4. The van der Waals surface area contributed by atoms with E-state index in [2.05, 4.69) is 43.8 Å². The number of hydrogen-bond donors (Lipinski definition) is 4. The average molecular weight is 426 g/mol. The van der Waals surface area contributed by atoms with Crippen molar-refractivity contribution in [3.63, 3.8) is 0 Å². The number of aryl methyl sites for hydroxylation is 2. The van der Waals surface area contributed by atoms with E-state index >= 15 is 0 Å². The molecule has 4 aliphatic rings. The van der Waals surface area contributed by atoms with Crippen LogP contribution in [0.2, 0.25) is 0 Å². The number of aliphatic imine (C=N–C) groups is 1. The van der Waals surface area contributed by atoms with Crippen LogP contribution in [0.1, 0.15) is 61.6 Å². The van der Waals surface area contributed by atoms with E-state index < -0.39 is 5.79 Å². The van der Waals surface area contributed by atoms with Gasteiger partial charge in [-0.25, -0.2) is 4.99 Å². The Hall–Kier alpha value is -1.67. The first-order valence-corrected chi connectivity index (χ1v) is 12.4. The van der Waals surface area contributed by atoms with Crippen molar-refractivity contribution in [2.75, 3.05) is 32.7 Å². The molecule has 5 rings (SSSR count). The molecule has 2 fully saturated rings. The fourth-order valence-electron chi connectivity index (χ4n) is 6.04. The SMILES string of the molecule is NC1=NC(N)(c2ccc3c(c2)CCC(N2CCC(CN4CCCCC4)CC2)CC3)NN1. The summed E-state index contributed by atoms with van der Waals surface area (Å²) in [5, 5.41) is 0. The van der Waals surface area contributed by atoms with Crippen LogP contribution >= 0.6 is 0 Å². The molecule has 170 valence electrons. The van der Waals surface area contributed by atoms with Crippen molar-refractivity contribution in [1.82, 2.24) is 20.7 Å². The van der Waals surface area contributed by atoms with Crippen LogP contribution in [0.25, 0.3) is 0 Å². The summed E-state index contributed by atoms with van der Waals surface area (Å²) in [6.07, 6.45) is 11.8. The molecule has 0 aromatic heterocycles. The number of nitrogens with zero attached hydrogens (tertiary/aromatic N) is 3. The highest BCUT2D eigenvalue weighted by atomic mass is 15.6.